The standard InChI is InChI=1S/C25H43N6O16P/c26-25-29-22-19(23(37)30-25)28-12-31(22)24-21(20(36)17(47-24)11-46-48(38,39)40)45-14-43-8-7-41-6-4-27-18(35)3-1-2-5-42-13-44-16(10-33)15(34)9-32/h12,15-17,20-21,24,32-34,36H,1-11,13-14H2,(H,27,35)(H2,38,39,40)(H3,26,29,30,37)/t15?,16?,17?,20-,21-,24?/m1/s1. The minimum absolute atomic E-state index is 0.0187. The maximum Gasteiger partial charge on any atom is 0.469 e. The van der Waals surface area contributed by atoms with Crippen LogP contribution in [0.15, 0.2) is 11.1 Å². The van der Waals surface area contributed by atoms with Crippen LogP contribution >= 0.6 is 7.82 Å². The Balaban J connectivity index is 1.31. The van der Waals surface area contributed by atoms with Gasteiger partial charge in [0.1, 0.15) is 44.1 Å². The number of aliphatic hydroxyl groups excluding tert-OH is 4. The fraction of sp³-hybridized carbons (Fsp3) is 0.760. The monoisotopic (exact) mass is 714 g/mol. The number of carbonyl (C=O) groups is 1. The normalized spacial score (nSPS) is 21.1. The van der Waals surface area contributed by atoms with E-state index in [2.05, 4.69) is 24.8 Å². The summed E-state index contributed by atoms with van der Waals surface area (Å²) in [4.78, 5) is 52.6. The van der Waals surface area contributed by atoms with Crippen molar-refractivity contribution in [1.82, 2.24) is 24.8 Å². The average molecular weight is 715 g/mol. The number of hydrogen-bond donors (Lipinski definition) is 9. The number of rotatable bonds is 24. The van der Waals surface area contributed by atoms with Gasteiger partial charge in [-0.15, -0.1) is 0 Å². The summed E-state index contributed by atoms with van der Waals surface area (Å²) in [5.74, 6) is -0.369. The van der Waals surface area contributed by atoms with Crippen LogP contribution < -0.4 is 16.6 Å². The number of hydrogen-bond acceptors (Lipinski definition) is 17. The number of nitrogens with two attached hydrogens (primary N) is 1. The summed E-state index contributed by atoms with van der Waals surface area (Å²) in [6.45, 7) is -1.19. The van der Waals surface area contributed by atoms with E-state index in [0.717, 1.165) is 0 Å². The molecule has 0 radical (unpaired) electrons. The zero-order valence-electron chi connectivity index (χ0n) is 25.9. The Labute approximate surface area is 273 Å². The molecule has 6 atom stereocenters. The lowest BCUT2D eigenvalue weighted by Crippen LogP contribution is -2.36. The predicted octanol–water partition coefficient (Wildman–Crippen LogP) is -3.56. The zero-order chi connectivity index (χ0) is 35.1. The number of aliphatic hydroxyl groups is 4. The summed E-state index contributed by atoms with van der Waals surface area (Å²) in [5.41, 5.74) is 4.99. The van der Waals surface area contributed by atoms with Crippen LogP contribution in [0.1, 0.15) is 25.5 Å². The Bertz CT molecular complexity index is 1360. The van der Waals surface area contributed by atoms with E-state index in [0.29, 0.717) is 19.4 Å². The van der Waals surface area contributed by atoms with Gasteiger partial charge in [-0.1, -0.05) is 0 Å². The highest BCUT2D eigenvalue weighted by atomic mass is 31.2. The smallest absolute Gasteiger partial charge is 0.394 e. The number of imidazole rings is 1. The Morgan fingerprint density at radius 3 is 2.60 bits per heavy atom. The van der Waals surface area contributed by atoms with Gasteiger partial charge >= 0.3 is 7.82 Å². The van der Waals surface area contributed by atoms with Gasteiger partial charge in [-0.05, 0) is 12.8 Å². The molecule has 1 aliphatic heterocycles. The Kier molecular flexibility index (Phi) is 16.7. The molecule has 22 nitrogen and oxygen atoms in total. The number of H-pyrrole nitrogens is 1. The van der Waals surface area contributed by atoms with Crippen LogP contribution in [0.4, 0.5) is 5.95 Å². The van der Waals surface area contributed by atoms with Gasteiger partial charge in [0.25, 0.3) is 5.56 Å². The SMILES string of the molecule is Nc1nc2c(ncn2C2OC(COP(=O)(O)O)[C@@H](O)[C@H]2OCOCCOCCNC(=O)CCCCOCOC(CO)C(O)CO)c(=O)[nH]1. The number of phosphoric acid groups is 1. The topological polar surface area (TPSA) is 322 Å². The van der Waals surface area contributed by atoms with Gasteiger partial charge < -0.3 is 69.7 Å². The van der Waals surface area contributed by atoms with Crippen molar-refractivity contribution in [2.24, 2.45) is 0 Å². The molecule has 1 aliphatic rings. The van der Waals surface area contributed by atoms with Crippen molar-refractivity contribution in [1.29, 1.82) is 0 Å². The third-order valence-corrected chi connectivity index (χ3v) is 7.32. The van der Waals surface area contributed by atoms with Crippen molar-refractivity contribution in [3.63, 3.8) is 0 Å². The van der Waals surface area contributed by atoms with E-state index < -0.39 is 70.0 Å². The molecular weight excluding hydrogens is 671 g/mol. The molecule has 1 amide bonds. The van der Waals surface area contributed by atoms with Crippen molar-refractivity contribution in [3.05, 3.63) is 16.7 Å². The minimum atomic E-state index is -4.87. The first-order chi connectivity index (χ1) is 22.9. The van der Waals surface area contributed by atoms with Crippen molar-refractivity contribution in [2.45, 2.75) is 56.0 Å². The lowest BCUT2D eigenvalue weighted by molar-refractivity contribution is -0.144. The molecule has 3 rings (SSSR count). The van der Waals surface area contributed by atoms with E-state index in [9.17, 15) is 24.4 Å². The van der Waals surface area contributed by atoms with Crippen LogP contribution in [0.3, 0.4) is 0 Å². The number of ether oxygens (including phenoxy) is 6. The first-order valence-corrected chi connectivity index (χ1v) is 16.4. The first kappa shape index (κ1) is 39.8. The number of unbranched alkanes of at least 4 members (excludes halogenated alkanes) is 1. The number of amides is 1. The van der Waals surface area contributed by atoms with E-state index >= 15 is 0 Å². The maximum atomic E-state index is 12.2. The fourth-order valence-electron chi connectivity index (χ4n) is 4.40. The second kappa shape index (κ2) is 20.1. The molecule has 0 bridgehead atoms. The van der Waals surface area contributed by atoms with Gasteiger partial charge in [-0.25, -0.2) is 9.55 Å². The molecule has 3 heterocycles. The molecule has 274 valence electrons. The summed E-state index contributed by atoms with van der Waals surface area (Å²) >= 11 is 0. The van der Waals surface area contributed by atoms with Crippen LogP contribution in [0.25, 0.3) is 11.2 Å². The molecule has 4 unspecified atom stereocenters. The largest absolute Gasteiger partial charge is 0.469 e. The lowest BCUT2D eigenvalue weighted by Gasteiger charge is -2.22. The van der Waals surface area contributed by atoms with Crippen LogP contribution in [-0.2, 0) is 42.3 Å². The number of nitrogens with zero attached hydrogens (tertiary/aromatic N) is 3. The van der Waals surface area contributed by atoms with Gasteiger partial charge in [0.15, 0.2) is 17.4 Å². The van der Waals surface area contributed by atoms with Gasteiger partial charge in [0, 0.05) is 19.6 Å². The number of nitrogen functional groups attached to an aromatic ring is 1. The Morgan fingerprint density at radius 2 is 1.88 bits per heavy atom. The van der Waals surface area contributed by atoms with Gasteiger partial charge in [0.05, 0.1) is 46.0 Å². The molecule has 0 spiro atoms. The van der Waals surface area contributed by atoms with Gasteiger partial charge in [-0.3, -0.25) is 23.7 Å². The highest BCUT2D eigenvalue weighted by molar-refractivity contribution is 7.46. The van der Waals surface area contributed by atoms with Crippen molar-refractivity contribution >= 4 is 30.8 Å². The quantitative estimate of drug-likeness (QED) is 0.0288. The fourth-order valence-corrected chi connectivity index (χ4v) is 4.74. The molecule has 10 N–H and O–H groups in total. The molecular formula is C25H43N6O16P. The summed E-state index contributed by atoms with van der Waals surface area (Å²) in [6, 6.07) is 0. The summed E-state index contributed by atoms with van der Waals surface area (Å²) in [7, 11) is -4.87. The Morgan fingerprint density at radius 1 is 1.12 bits per heavy atom. The Hall–Kier alpha value is -2.67. The summed E-state index contributed by atoms with van der Waals surface area (Å²) < 4.78 is 49.6. The second-order valence-corrected chi connectivity index (χ2v) is 11.6. The second-order valence-electron chi connectivity index (χ2n) is 10.4. The molecule has 23 heteroatoms. The third kappa shape index (κ3) is 12.7. The molecule has 0 aromatic carbocycles. The van der Waals surface area contributed by atoms with E-state index in [1.54, 1.807) is 0 Å². The number of anilines is 1. The molecule has 2 aromatic rings. The average Bonchev–Trinajstić information content (AvgIpc) is 3.60. The maximum absolute atomic E-state index is 12.2. The summed E-state index contributed by atoms with van der Waals surface area (Å²) in [5, 5.41) is 40.9. The molecule has 1 saturated heterocycles. The number of phosphoric ester groups is 1. The minimum Gasteiger partial charge on any atom is -0.394 e. The van der Waals surface area contributed by atoms with E-state index in [1.807, 2.05) is 0 Å². The number of nitrogens with one attached hydrogen (secondary N) is 2. The zero-order valence-corrected chi connectivity index (χ0v) is 26.8. The van der Waals surface area contributed by atoms with Gasteiger partial charge in [0.2, 0.25) is 11.9 Å². The van der Waals surface area contributed by atoms with Crippen molar-refractivity contribution in [3.8, 4) is 0 Å². The molecule has 1 fully saturated rings. The van der Waals surface area contributed by atoms with Crippen LogP contribution in [0.2, 0.25) is 0 Å². The lowest BCUT2D eigenvalue weighted by atomic mass is 10.1. The van der Waals surface area contributed by atoms with Crippen molar-refractivity contribution < 1.29 is 72.5 Å². The van der Waals surface area contributed by atoms with E-state index in [1.165, 1.54) is 10.9 Å². The number of aromatic amines is 1. The number of carbonyl (C=O) groups excluding carboxylic acids is 1. The molecule has 2 aromatic heterocycles. The first-order valence-electron chi connectivity index (χ1n) is 14.8. The third-order valence-electron chi connectivity index (χ3n) is 6.83. The number of fused-ring (bicyclic) bond motifs is 1. The van der Waals surface area contributed by atoms with Gasteiger partial charge in [-0.2, -0.15) is 4.98 Å². The van der Waals surface area contributed by atoms with Crippen molar-refractivity contribution in [2.75, 3.05) is 72.1 Å². The van der Waals surface area contributed by atoms with Crippen LogP contribution in [-0.4, -0.2) is 153 Å². The van der Waals surface area contributed by atoms with Crippen LogP contribution in [0.5, 0.6) is 0 Å². The van der Waals surface area contributed by atoms with Crippen LogP contribution in [0, 0.1) is 0 Å². The number of aromatic nitrogens is 4. The summed E-state index contributed by atoms with van der Waals surface area (Å²) in [6.07, 6.45) is -4.54. The molecule has 48 heavy (non-hydrogen) atoms. The molecule has 0 saturated carbocycles. The highest BCUT2D eigenvalue weighted by Crippen LogP contribution is 2.39. The molecule has 0 aliphatic carbocycles. The van der Waals surface area contributed by atoms with E-state index in [-0.39, 0.29) is 69.4 Å². The highest BCUT2D eigenvalue weighted by Gasteiger charge is 2.47. The predicted molar refractivity (Wildman–Crippen MR) is 160 cm³/mol. The van der Waals surface area contributed by atoms with E-state index in [4.69, 9.17) is 54.2 Å².